The van der Waals surface area contributed by atoms with E-state index < -0.39 is 6.10 Å². The molecule has 0 bridgehead atoms. The molecule has 1 aromatic rings. The largest absolute Gasteiger partial charge is 0.479 e. The van der Waals surface area contributed by atoms with Crippen LogP contribution in [0.5, 0.6) is 5.75 Å². The van der Waals surface area contributed by atoms with Crippen LogP contribution in [0, 0.1) is 5.92 Å². The summed E-state index contributed by atoms with van der Waals surface area (Å²) in [4.78, 5) is 23.9. The topological polar surface area (TPSA) is 79.5 Å². The van der Waals surface area contributed by atoms with Crippen molar-refractivity contribution in [1.29, 1.82) is 0 Å². The molecule has 1 fully saturated rings. The molecule has 1 aromatic carbocycles. The molecule has 2 aliphatic heterocycles. The number of carbonyl (C=O) groups is 2. The molecule has 6 nitrogen and oxygen atoms in total. The zero-order chi connectivity index (χ0) is 15.7. The number of amides is 2. The monoisotopic (exact) mass is 303 g/mol. The van der Waals surface area contributed by atoms with Crippen LogP contribution in [-0.4, -0.2) is 30.5 Å². The molecule has 0 spiro atoms. The molecule has 6 heteroatoms. The van der Waals surface area contributed by atoms with E-state index in [1.54, 1.807) is 25.1 Å². The summed E-state index contributed by atoms with van der Waals surface area (Å²) in [5, 5.41) is 8.92. The van der Waals surface area contributed by atoms with Crippen molar-refractivity contribution in [3.63, 3.8) is 0 Å². The first-order valence-corrected chi connectivity index (χ1v) is 7.69. The Balaban J connectivity index is 1.69. The summed E-state index contributed by atoms with van der Waals surface area (Å²) in [7, 11) is 0. The van der Waals surface area contributed by atoms with E-state index in [2.05, 4.69) is 22.9 Å². The second-order valence-corrected chi connectivity index (χ2v) is 6.09. The molecule has 118 valence electrons. The van der Waals surface area contributed by atoms with E-state index >= 15 is 0 Å². The van der Waals surface area contributed by atoms with E-state index in [9.17, 15) is 9.59 Å². The maximum Gasteiger partial charge on any atom is 0.265 e. The van der Waals surface area contributed by atoms with E-state index in [-0.39, 0.29) is 17.9 Å². The Kier molecular flexibility index (Phi) is 4.02. The van der Waals surface area contributed by atoms with Crippen molar-refractivity contribution in [3.8, 4) is 5.75 Å². The van der Waals surface area contributed by atoms with Crippen LogP contribution >= 0.6 is 0 Å². The lowest BCUT2D eigenvalue weighted by Crippen LogP contribution is -2.45. The lowest BCUT2D eigenvalue weighted by molar-refractivity contribution is -0.122. The van der Waals surface area contributed by atoms with Gasteiger partial charge in [0.25, 0.3) is 5.91 Å². The van der Waals surface area contributed by atoms with Gasteiger partial charge in [0.1, 0.15) is 5.75 Å². The van der Waals surface area contributed by atoms with Gasteiger partial charge in [-0.1, -0.05) is 6.92 Å². The zero-order valence-corrected chi connectivity index (χ0v) is 12.8. The molecular weight excluding hydrogens is 282 g/mol. The molecule has 3 N–H and O–H groups in total. The summed E-state index contributed by atoms with van der Waals surface area (Å²) in [5.74, 6) is 0.950. The molecular formula is C16H21N3O3. The number of piperidine rings is 1. The van der Waals surface area contributed by atoms with E-state index in [0.29, 0.717) is 23.0 Å². The number of ether oxygens (including phenoxy) is 1. The number of rotatable bonds is 2. The molecule has 0 saturated carbocycles. The van der Waals surface area contributed by atoms with Crippen LogP contribution in [0.1, 0.15) is 26.7 Å². The number of hydrogen-bond donors (Lipinski definition) is 3. The number of fused-ring (bicyclic) bond motifs is 1. The van der Waals surface area contributed by atoms with Crippen LogP contribution in [0.2, 0.25) is 0 Å². The van der Waals surface area contributed by atoms with Crippen LogP contribution in [-0.2, 0) is 9.59 Å². The van der Waals surface area contributed by atoms with Gasteiger partial charge in [-0.3, -0.25) is 9.59 Å². The Bertz CT molecular complexity index is 602. The van der Waals surface area contributed by atoms with Gasteiger partial charge in [-0.05, 0) is 50.4 Å². The second kappa shape index (κ2) is 5.96. The predicted octanol–water partition coefficient (Wildman–Crippen LogP) is 1.73. The SMILES string of the molecule is CC1CCNC(C(=O)Nc2ccc3c(c2)NC(=O)C(C)O3)C1. The first kappa shape index (κ1) is 14.8. The average Bonchev–Trinajstić information content (AvgIpc) is 2.49. The highest BCUT2D eigenvalue weighted by Crippen LogP contribution is 2.32. The van der Waals surface area contributed by atoms with Crippen LogP contribution in [0.15, 0.2) is 18.2 Å². The Hall–Kier alpha value is -2.08. The van der Waals surface area contributed by atoms with Gasteiger partial charge in [0.15, 0.2) is 6.10 Å². The Morgan fingerprint density at radius 1 is 1.36 bits per heavy atom. The maximum absolute atomic E-state index is 12.3. The number of benzene rings is 1. The summed E-state index contributed by atoms with van der Waals surface area (Å²) in [6.07, 6.45) is 1.44. The Morgan fingerprint density at radius 3 is 2.95 bits per heavy atom. The van der Waals surface area contributed by atoms with Gasteiger partial charge >= 0.3 is 0 Å². The highest BCUT2D eigenvalue weighted by atomic mass is 16.5. The first-order valence-electron chi connectivity index (χ1n) is 7.69. The molecule has 3 atom stereocenters. The van der Waals surface area contributed by atoms with Crippen molar-refractivity contribution < 1.29 is 14.3 Å². The van der Waals surface area contributed by atoms with E-state index in [1.807, 2.05) is 0 Å². The number of carbonyl (C=O) groups excluding carboxylic acids is 2. The highest BCUT2D eigenvalue weighted by molar-refractivity contribution is 6.00. The van der Waals surface area contributed by atoms with E-state index in [4.69, 9.17) is 4.74 Å². The van der Waals surface area contributed by atoms with Gasteiger partial charge < -0.3 is 20.7 Å². The lowest BCUT2D eigenvalue weighted by Gasteiger charge is -2.27. The second-order valence-electron chi connectivity index (χ2n) is 6.09. The van der Waals surface area contributed by atoms with Crippen molar-refractivity contribution in [2.24, 2.45) is 5.92 Å². The zero-order valence-electron chi connectivity index (χ0n) is 12.8. The highest BCUT2D eigenvalue weighted by Gasteiger charge is 2.26. The van der Waals surface area contributed by atoms with Crippen LogP contribution in [0.4, 0.5) is 11.4 Å². The standard InChI is InChI=1S/C16H21N3O3/c1-9-5-6-17-13(7-9)16(21)18-11-3-4-14-12(8-11)19-15(20)10(2)22-14/h3-4,8-10,13,17H,5-7H2,1-2H3,(H,18,21)(H,19,20). The van der Waals surface area contributed by atoms with Gasteiger partial charge in [0.05, 0.1) is 11.7 Å². The number of hydrogen-bond acceptors (Lipinski definition) is 4. The molecule has 2 heterocycles. The van der Waals surface area contributed by atoms with Gasteiger partial charge in [-0.25, -0.2) is 0 Å². The minimum absolute atomic E-state index is 0.0390. The molecule has 22 heavy (non-hydrogen) atoms. The fourth-order valence-electron chi connectivity index (χ4n) is 2.82. The maximum atomic E-state index is 12.3. The van der Waals surface area contributed by atoms with Crippen LogP contribution < -0.4 is 20.7 Å². The first-order chi connectivity index (χ1) is 10.5. The van der Waals surface area contributed by atoms with Crippen molar-refractivity contribution in [3.05, 3.63) is 18.2 Å². The minimum Gasteiger partial charge on any atom is -0.479 e. The van der Waals surface area contributed by atoms with E-state index in [0.717, 1.165) is 19.4 Å². The smallest absolute Gasteiger partial charge is 0.265 e. The van der Waals surface area contributed by atoms with Gasteiger partial charge in [-0.2, -0.15) is 0 Å². The molecule has 3 rings (SSSR count). The quantitative estimate of drug-likeness (QED) is 0.777. The molecule has 0 radical (unpaired) electrons. The molecule has 1 saturated heterocycles. The average molecular weight is 303 g/mol. The van der Waals surface area contributed by atoms with Gasteiger partial charge in [0, 0.05) is 5.69 Å². The van der Waals surface area contributed by atoms with Crippen molar-refractivity contribution in [1.82, 2.24) is 5.32 Å². The van der Waals surface area contributed by atoms with Gasteiger partial charge in [-0.15, -0.1) is 0 Å². The Labute approximate surface area is 129 Å². The summed E-state index contributed by atoms with van der Waals surface area (Å²) in [6, 6.07) is 5.11. The third kappa shape index (κ3) is 3.06. The summed E-state index contributed by atoms with van der Waals surface area (Å²) in [5.41, 5.74) is 1.24. The predicted molar refractivity (Wildman–Crippen MR) is 84.0 cm³/mol. The van der Waals surface area contributed by atoms with Crippen LogP contribution in [0.25, 0.3) is 0 Å². The van der Waals surface area contributed by atoms with Crippen molar-refractivity contribution in [2.45, 2.75) is 38.8 Å². The Morgan fingerprint density at radius 2 is 2.18 bits per heavy atom. The third-order valence-electron chi connectivity index (χ3n) is 4.16. The molecule has 2 aliphatic rings. The normalized spacial score (nSPS) is 27.4. The van der Waals surface area contributed by atoms with Crippen molar-refractivity contribution in [2.75, 3.05) is 17.2 Å². The molecule has 0 aliphatic carbocycles. The summed E-state index contributed by atoms with van der Waals surface area (Å²) < 4.78 is 5.50. The van der Waals surface area contributed by atoms with Crippen LogP contribution in [0.3, 0.4) is 0 Å². The third-order valence-corrected chi connectivity index (χ3v) is 4.16. The van der Waals surface area contributed by atoms with Gasteiger partial charge in [0.2, 0.25) is 5.91 Å². The lowest BCUT2D eigenvalue weighted by atomic mass is 9.94. The molecule has 3 unspecified atom stereocenters. The molecule has 2 amide bonds. The molecule has 0 aromatic heterocycles. The minimum atomic E-state index is -0.499. The fraction of sp³-hybridized carbons (Fsp3) is 0.500. The summed E-state index contributed by atoms with van der Waals surface area (Å²) in [6.45, 7) is 4.73. The van der Waals surface area contributed by atoms with Crippen molar-refractivity contribution >= 4 is 23.2 Å². The fourth-order valence-corrected chi connectivity index (χ4v) is 2.82. The summed E-state index contributed by atoms with van der Waals surface area (Å²) >= 11 is 0. The number of anilines is 2. The number of nitrogens with one attached hydrogen (secondary N) is 3. The van der Waals surface area contributed by atoms with E-state index in [1.165, 1.54) is 0 Å².